The quantitative estimate of drug-likeness (QED) is 0.247. The normalized spacial score (nSPS) is 26.5. The van der Waals surface area contributed by atoms with Crippen molar-refractivity contribution in [3.63, 3.8) is 0 Å². The molecule has 3 N–H and O–H groups in total. The van der Waals surface area contributed by atoms with Gasteiger partial charge in [-0.25, -0.2) is 5.43 Å². The number of carbonyl (C=O) groups is 1. The topological polar surface area (TPSA) is 70.6 Å². The van der Waals surface area contributed by atoms with Gasteiger partial charge in [-0.15, -0.1) is 0 Å². The van der Waals surface area contributed by atoms with Crippen LogP contribution in [0, 0.1) is 11.8 Å². The van der Waals surface area contributed by atoms with Crippen molar-refractivity contribution in [1.82, 2.24) is 10.9 Å². The summed E-state index contributed by atoms with van der Waals surface area (Å²) in [6.45, 7) is 0.825. The summed E-state index contributed by atoms with van der Waals surface area (Å²) < 4.78 is 6.14. The minimum atomic E-state index is -0.725. The van der Waals surface area contributed by atoms with Crippen LogP contribution < -0.4 is 10.9 Å². The molecular weight excluding hydrogens is 360 g/mol. The molecule has 0 radical (unpaired) electrons. The lowest BCUT2D eigenvalue weighted by Crippen LogP contribution is -2.43. The lowest BCUT2D eigenvalue weighted by Gasteiger charge is -2.27. The summed E-state index contributed by atoms with van der Waals surface area (Å²) in [6.07, 6.45) is 10.0. The second-order valence-electron chi connectivity index (χ2n) is 7.31. The summed E-state index contributed by atoms with van der Waals surface area (Å²) in [4.78, 5) is 11.3. The molecule has 146 valence electrons. The number of unbranched alkanes of at least 4 members (excludes halogenated alkanes) is 1. The fourth-order valence-corrected chi connectivity index (χ4v) is 4.34. The molecule has 6 heteroatoms. The zero-order valence-electron chi connectivity index (χ0n) is 15.5. The molecule has 2 fully saturated rings. The van der Waals surface area contributed by atoms with Crippen molar-refractivity contribution in [2.45, 2.75) is 50.7 Å². The van der Waals surface area contributed by atoms with E-state index >= 15 is 0 Å². The van der Waals surface area contributed by atoms with E-state index in [1.807, 2.05) is 30.3 Å². The average molecular weight is 389 g/mol. The highest BCUT2D eigenvalue weighted by molar-refractivity contribution is 7.80. The van der Waals surface area contributed by atoms with Gasteiger partial charge in [-0.1, -0.05) is 54.7 Å². The van der Waals surface area contributed by atoms with Gasteiger partial charge in [0, 0.05) is 24.4 Å². The van der Waals surface area contributed by atoms with Crippen LogP contribution in [0.4, 0.5) is 0 Å². The van der Waals surface area contributed by atoms with Crippen LogP contribution in [0.25, 0.3) is 0 Å². The van der Waals surface area contributed by atoms with Gasteiger partial charge in [0.05, 0.1) is 12.2 Å². The molecule has 1 aromatic carbocycles. The molecule has 0 amide bonds. The first kappa shape index (κ1) is 20.0. The number of nitrogens with one attached hydrogen (secondary N) is 2. The second kappa shape index (κ2) is 9.97. The summed E-state index contributed by atoms with van der Waals surface area (Å²) >= 11 is 5.43. The number of carboxylic acid groups (broad SMARTS) is 1. The second-order valence-corrected chi connectivity index (χ2v) is 7.72. The molecule has 3 rings (SSSR count). The Bertz CT molecular complexity index is 665. The number of hydrogen-bond donors (Lipinski definition) is 3. The van der Waals surface area contributed by atoms with Crippen molar-refractivity contribution in [3.05, 3.63) is 48.0 Å². The van der Waals surface area contributed by atoms with Crippen LogP contribution in [-0.4, -0.2) is 34.8 Å². The summed E-state index contributed by atoms with van der Waals surface area (Å²) in [5.41, 5.74) is 7.46. The number of hydrogen-bond acceptors (Lipinski definition) is 4. The molecule has 2 bridgehead atoms. The number of aliphatic carboxylic acids is 1. The lowest BCUT2D eigenvalue weighted by molar-refractivity contribution is -0.137. The van der Waals surface area contributed by atoms with Gasteiger partial charge in [0.1, 0.15) is 4.99 Å². The van der Waals surface area contributed by atoms with E-state index in [1.165, 1.54) is 0 Å². The van der Waals surface area contributed by atoms with Gasteiger partial charge in [0.25, 0.3) is 0 Å². The minimum absolute atomic E-state index is 0.237. The number of allylic oxidation sites excluding steroid dienone is 2. The lowest BCUT2D eigenvalue weighted by atomic mass is 9.77. The van der Waals surface area contributed by atoms with Gasteiger partial charge >= 0.3 is 5.97 Å². The standard InChI is InChI=1S/C21H28N2O3S/c24-20(25)11-7-2-1-6-10-16-17(19-13-12-18(16)26-19)14-22-23-21(27)15-8-4-3-5-9-15/h1,3-6,8-9,16-19,22H,2,7,10-14H2,(H,23,27)(H,24,25)/b6-1-/t16-,17-,18-,19+/m1/s1. The van der Waals surface area contributed by atoms with E-state index in [4.69, 9.17) is 22.1 Å². The fraction of sp³-hybridized carbons (Fsp3) is 0.524. The Morgan fingerprint density at radius 1 is 1.19 bits per heavy atom. The molecule has 2 saturated heterocycles. The number of ether oxygens (including phenoxy) is 1. The fourth-order valence-electron chi connectivity index (χ4n) is 4.13. The summed E-state index contributed by atoms with van der Waals surface area (Å²) in [6, 6.07) is 9.93. The highest BCUT2D eigenvalue weighted by atomic mass is 32.1. The Kier molecular flexibility index (Phi) is 7.38. The van der Waals surface area contributed by atoms with Gasteiger partial charge in [-0.2, -0.15) is 0 Å². The SMILES string of the molecule is O=C(O)CCC/C=C\C[C@@H]1[C@@H](CNNC(=S)c2ccccc2)[C@@H]2CC[C@H]1O2. The third-order valence-corrected chi connectivity index (χ3v) is 5.84. The van der Waals surface area contributed by atoms with Gasteiger partial charge in [-0.05, 0) is 38.0 Å². The molecule has 2 aliphatic rings. The number of hydrazine groups is 1. The number of rotatable bonds is 10. The molecule has 1 aromatic rings. The third-order valence-electron chi connectivity index (χ3n) is 5.50. The van der Waals surface area contributed by atoms with Gasteiger partial charge in [0.2, 0.25) is 0 Å². The Hall–Kier alpha value is -1.76. The zero-order valence-corrected chi connectivity index (χ0v) is 16.3. The van der Waals surface area contributed by atoms with E-state index in [1.54, 1.807) is 0 Å². The number of carboxylic acids is 1. The van der Waals surface area contributed by atoms with Crippen LogP contribution in [-0.2, 0) is 9.53 Å². The van der Waals surface area contributed by atoms with Crippen LogP contribution in [0.3, 0.4) is 0 Å². The monoisotopic (exact) mass is 388 g/mol. The molecule has 27 heavy (non-hydrogen) atoms. The van der Waals surface area contributed by atoms with Crippen molar-refractivity contribution >= 4 is 23.2 Å². The highest BCUT2D eigenvalue weighted by Crippen LogP contribution is 2.44. The summed E-state index contributed by atoms with van der Waals surface area (Å²) in [5, 5.41) is 8.68. The largest absolute Gasteiger partial charge is 0.481 e. The number of thiocarbonyl (C=S) groups is 1. The van der Waals surface area contributed by atoms with Crippen molar-refractivity contribution in [2.75, 3.05) is 6.54 Å². The molecule has 5 nitrogen and oxygen atoms in total. The molecule has 0 spiro atoms. The maximum absolute atomic E-state index is 10.5. The van der Waals surface area contributed by atoms with Crippen LogP contribution in [0.2, 0.25) is 0 Å². The first-order valence-electron chi connectivity index (χ1n) is 9.75. The summed E-state index contributed by atoms with van der Waals surface area (Å²) in [5.74, 6) is 0.259. The van der Waals surface area contributed by atoms with E-state index in [-0.39, 0.29) is 6.42 Å². The van der Waals surface area contributed by atoms with Crippen molar-refractivity contribution < 1.29 is 14.6 Å². The van der Waals surface area contributed by atoms with Gasteiger partial charge in [-0.3, -0.25) is 4.79 Å². The Morgan fingerprint density at radius 2 is 1.93 bits per heavy atom. The van der Waals surface area contributed by atoms with Crippen molar-refractivity contribution in [1.29, 1.82) is 0 Å². The maximum atomic E-state index is 10.5. The van der Waals surface area contributed by atoms with E-state index in [0.717, 1.165) is 37.8 Å². The van der Waals surface area contributed by atoms with Gasteiger partial charge < -0.3 is 15.3 Å². The zero-order chi connectivity index (χ0) is 19.1. The highest BCUT2D eigenvalue weighted by Gasteiger charge is 2.47. The number of benzene rings is 1. The van der Waals surface area contributed by atoms with E-state index in [9.17, 15) is 4.79 Å². The minimum Gasteiger partial charge on any atom is -0.481 e. The Labute approximate surface area is 166 Å². The molecule has 4 atom stereocenters. The van der Waals surface area contributed by atoms with Crippen molar-refractivity contribution in [2.24, 2.45) is 11.8 Å². The van der Waals surface area contributed by atoms with Crippen LogP contribution in [0.15, 0.2) is 42.5 Å². The first-order chi connectivity index (χ1) is 13.1. The smallest absolute Gasteiger partial charge is 0.303 e. The predicted molar refractivity (Wildman–Crippen MR) is 109 cm³/mol. The molecule has 0 aromatic heterocycles. The van der Waals surface area contributed by atoms with E-state index in [2.05, 4.69) is 23.0 Å². The first-order valence-corrected chi connectivity index (χ1v) is 10.2. The van der Waals surface area contributed by atoms with E-state index in [0.29, 0.717) is 35.5 Å². The summed E-state index contributed by atoms with van der Waals surface area (Å²) in [7, 11) is 0. The predicted octanol–water partition coefficient (Wildman–Crippen LogP) is 3.45. The van der Waals surface area contributed by atoms with Crippen molar-refractivity contribution in [3.8, 4) is 0 Å². The molecule has 0 unspecified atom stereocenters. The molecule has 2 heterocycles. The Balaban J connectivity index is 1.43. The Morgan fingerprint density at radius 3 is 2.67 bits per heavy atom. The van der Waals surface area contributed by atoms with Gasteiger partial charge in [0.15, 0.2) is 0 Å². The maximum Gasteiger partial charge on any atom is 0.303 e. The molecular formula is C21H28N2O3S. The van der Waals surface area contributed by atoms with E-state index < -0.39 is 5.97 Å². The average Bonchev–Trinajstić information content (AvgIpc) is 3.27. The van der Waals surface area contributed by atoms with Crippen LogP contribution in [0.5, 0.6) is 0 Å². The van der Waals surface area contributed by atoms with Crippen LogP contribution >= 0.6 is 12.2 Å². The molecule has 2 aliphatic heterocycles. The van der Waals surface area contributed by atoms with Crippen LogP contribution in [0.1, 0.15) is 44.1 Å². The molecule has 0 saturated carbocycles. The third kappa shape index (κ3) is 5.61. The molecule has 0 aliphatic carbocycles. The number of fused-ring (bicyclic) bond motifs is 2.